The topological polar surface area (TPSA) is 64.2 Å². The van der Waals surface area contributed by atoms with E-state index in [-0.39, 0.29) is 11.3 Å². The number of rotatable bonds is 6. The van der Waals surface area contributed by atoms with E-state index >= 15 is 0 Å². The summed E-state index contributed by atoms with van der Waals surface area (Å²) >= 11 is 1.49. The van der Waals surface area contributed by atoms with Crippen molar-refractivity contribution in [1.29, 1.82) is 0 Å². The molecule has 1 aliphatic carbocycles. The van der Waals surface area contributed by atoms with Crippen LogP contribution in [0.4, 0.5) is 0 Å². The van der Waals surface area contributed by atoms with E-state index in [4.69, 9.17) is 0 Å². The summed E-state index contributed by atoms with van der Waals surface area (Å²) in [6, 6.07) is 11.9. The van der Waals surface area contributed by atoms with Crippen molar-refractivity contribution >= 4 is 22.2 Å². The van der Waals surface area contributed by atoms with Gasteiger partial charge in [-0.3, -0.25) is 13.9 Å². The average Bonchev–Trinajstić information content (AvgIpc) is 3.07. The van der Waals surface area contributed by atoms with Gasteiger partial charge in [0, 0.05) is 48.0 Å². The van der Waals surface area contributed by atoms with Crippen molar-refractivity contribution < 1.29 is 4.79 Å². The van der Waals surface area contributed by atoms with Crippen LogP contribution in [-0.2, 0) is 6.54 Å². The normalized spacial score (nSPS) is 15.1. The van der Waals surface area contributed by atoms with Gasteiger partial charge in [-0.25, -0.2) is 4.98 Å². The quantitative estimate of drug-likeness (QED) is 0.560. The average molecular weight is 377 g/mol. The van der Waals surface area contributed by atoms with E-state index in [2.05, 4.69) is 15.4 Å². The van der Waals surface area contributed by atoms with E-state index < -0.39 is 0 Å². The highest BCUT2D eigenvalue weighted by Gasteiger charge is 2.43. The standard InChI is InChI=1S/C20H19N5OS/c26-18(21-13-20(7-8-20)14-24-10-4-9-22-24)17-12-27-19-23-16(11-25(17)19)15-5-2-1-3-6-15/h1-6,9-12H,7-8,13-14H2,(H,21,26). The van der Waals surface area contributed by atoms with Crippen LogP contribution in [0.5, 0.6) is 0 Å². The van der Waals surface area contributed by atoms with Crippen molar-refractivity contribution in [2.75, 3.05) is 6.54 Å². The van der Waals surface area contributed by atoms with Gasteiger partial charge in [0.2, 0.25) is 0 Å². The highest BCUT2D eigenvalue weighted by molar-refractivity contribution is 7.15. The van der Waals surface area contributed by atoms with Gasteiger partial charge >= 0.3 is 0 Å². The summed E-state index contributed by atoms with van der Waals surface area (Å²) in [5.41, 5.74) is 2.71. The Balaban J connectivity index is 1.32. The lowest BCUT2D eigenvalue weighted by molar-refractivity contribution is 0.0937. The molecule has 0 spiro atoms. The summed E-state index contributed by atoms with van der Waals surface area (Å²) in [7, 11) is 0. The van der Waals surface area contributed by atoms with Gasteiger partial charge in [-0.2, -0.15) is 5.10 Å². The molecule has 0 unspecified atom stereocenters. The molecule has 1 N–H and O–H groups in total. The third-order valence-corrected chi connectivity index (χ3v) is 5.99. The highest BCUT2D eigenvalue weighted by atomic mass is 32.1. The van der Waals surface area contributed by atoms with Gasteiger partial charge in [-0.15, -0.1) is 11.3 Å². The fraction of sp³-hybridized carbons (Fsp3) is 0.250. The highest BCUT2D eigenvalue weighted by Crippen LogP contribution is 2.46. The fourth-order valence-corrected chi connectivity index (χ4v) is 4.21. The van der Waals surface area contributed by atoms with Gasteiger partial charge < -0.3 is 5.32 Å². The van der Waals surface area contributed by atoms with Crippen molar-refractivity contribution in [3.63, 3.8) is 0 Å². The maximum Gasteiger partial charge on any atom is 0.269 e. The smallest absolute Gasteiger partial charge is 0.269 e. The van der Waals surface area contributed by atoms with Crippen LogP contribution in [0.25, 0.3) is 16.2 Å². The Morgan fingerprint density at radius 2 is 2.07 bits per heavy atom. The summed E-state index contributed by atoms with van der Waals surface area (Å²) in [5, 5.41) is 9.28. The number of hydrogen-bond donors (Lipinski definition) is 1. The molecule has 27 heavy (non-hydrogen) atoms. The molecule has 0 atom stereocenters. The lowest BCUT2D eigenvalue weighted by Gasteiger charge is -2.16. The summed E-state index contributed by atoms with van der Waals surface area (Å²) in [4.78, 5) is 18.2. The van der Waals surface area contributed by atoms with E-state index in [1.54, 1.807) is 6.20 Å². The maximum absolute atomic E-state index is 12.8. The van der Waals surface area contributed by atoms with Crippen molar-refractivity contribution in [2.45, 2.75) is 19.4 Å². The number of carbonyl (C=O) groups excluding carboxylic acids is 1. The first kappa shape index (κ1) is 16.3. The molecule has 3 heterocycles. The van der Waals surface area contributed by atoms with Crippen LogP contribution in [0.1, 0.15) is 23.3 Å². The molecule has 1 amide bonds. The lowest BCUT2D eigenvalue weighted by atomic mass is 10.1. The predicted octanol–water partition coefficient (Wildman–Crippen LogP) is 3.47. The van der Waals surface area contributed by atoms with E-state index in [1.165, 1.54) is 11.3 Å². The molecule has 4 aromatic rings. The van der Waals surface area contributed by atoms with Crippen LogP contribution >= 0.6 is 11.3 Å². The molecule has 0 saturated heterocycles. The first-order valence-corrected chi connectivity index (χ1v) is 9.88. The summed E-state index contributed by atoms with van der Waals surface area (Å²) in [5.74, 6) is -0.0509. The predicted molar refractivity (Wildman–Crippen MR) is 105 cm³/mol. The minimum atomic E-state index is -0.0509. The van der Waals surface area contributed by atoms with Gasteiger partial charge in [-0.05, 0) is 18.9 Å². The van der Waals surface area contributed by atoms with E-state index in [0.29, 0.717) is 12.2 Å². The second kappa shape index (κ2) is 6.35. The first-order chi connectivity index (χ1) is 13.2. The van der Waals surface area contributed by atoms with Gasteiger partial charge in [0.25, 0.3) is 5.91 Å². The molecule has 6 nitrogen and oxygen atoms in total. The van der Waals surface area contributed by atoms with E-state index in [1.807, 2.05) is 63.3 Å². The molecule has 5 rings (SSSR count). The summed E-state index contributed by atoms with van der Waals surface area (Å²) in [6.07, 6.45) is 7.94. The second-order valence-electron chi connectivity index (χ2n) is 7.15. The molecule has 136 valence electrons. The Hall–Kier alpha value is -2.93. The number of carbonyl (C=O) groups is 1. The first-order valence-electron chi connectivity index (χ1n) is 9.00. The number of hydrogen-bond acceptors (Lipinski definition) is 4. The minimum Gasteiger partial charge on any atom is -0.350 e. The molecule has 3 aromatic heterocycles. The summed E-state index contributed by atoms with van der Waals surface area (Å²) in [6.45, 7) is 1.52. The zero-order valence-electron chi connectivity index (χ0n) is 14.7. The van der Waals surface area contributed by atoms with Crippen molar-refractivity contribution in [3.05, 3.63) is 66.1 Å². The number of nitrogens with zero attached hydrogens (tertiary/aromatic N) is 4. The van der Waals surface area contributed by atoms with Gasteiger partial charge in [0.1, 0.15) is 5.69 Å². The Morgan fingerprint density at radius 3 is 2.81 bits per heavy atom. The maximum atomic E-state index is 12.8. The third-order valence-electron chi connectivity index (χ3n) is 5.15. The molecule has 1 saturated carbocycles. The number of amides is 1. The van der Waals surface area contributed by atoms with Crippen molar-refractivity contribution in [2.24, 2.45) is 5.41 Å². The fourth-order valence-electron chi connectivity index (χ4n) is 3.36. The van der Waals surface area contributed by atoms with Crippen LogP contribution in [0.15, 0.2) is 60.4 Å². The third kappa shape index (κ3) is 3.14. The van der Waals surface area contributed by atoms with E-state index in [0.717, 1.165) is 35.6 Å². The molecule has 1 fully saturated rings. The Bertz CT molecular complexity index is 1080. The Morgan fingerprint density at radius 1 is 1.22 bits per heavy atom. The molecule has 1 aromatic carbocycles. The SMILES string of the molecule is O=C(NCC1(Cn2cccn2)CC1)c1csc2nc(-c3ccccc3)cn12. The zero-order valence-corrected chi connectivity index (χ0v) is 15.5. The number of fused-ring (bicyclic) bond motifs is 1. The molecule has 1 aliphatic rings. The number of benzene rings is 1. The zero-order chi connectivity index (χ0) is 18.3. The minimum absolute atomic E-state index is 0.0509. The largest absolute Gasteiger partial charge is 0.350 e. The van der Waals surface area contributed by atoms with Gasteiger partial charge in [0.15, 0.2) is 4.96 Å². The number of nitrogens with one attached hydrogen (secondary N) is 1. The van der Waals surface area contributed by atoms with E-state index in [9.17, 15) is 4.79 Å². The van der Waals surface area contributed by atoms with Gasteiger partial charge in [-0.1, -0.05) is 30.3 Å². The number of imidazole rings is 1. The van der Waals surface area contributed by atoms with Crippen LogP contribution in [0.2, 0.25) is 0 Å². The Kier molecular flexibility index (Phi) is 3.82. The Labute approximate surface area is 160 Å². The second-order valence-corrected chi connectivity index (χ2v) is 7.99. The van der Waals surface area contributed by atoms with Crippen LogP contribution < -0.4 is 5.32 Å². The monoisotopic (exact) mass is 377 g/mol. The molecule has 0 aliphatic heterocycles. The van der Waals surface area contributed by atoms with Gasteiger partial charge in [0.05, 0.1) is 5.69 Å². The summed E-state index contributed by atoms with van der Waals surface area (Å²) < 4.78 is 3.83. The molecule has 7 heteroatoms. The molecular formula is C20H19N5OS. The molecular weight excluding hydrogens is 358 g/mol. The lowest BCUT2D eigenvalue weighted by Crippen LogP contribution is -2.33. The molecule has 0 bridgehead atoms. The number of aromatic nitrogens is 4. The van der Waals surface area contributed by atoms with Crippen LogP contribution in [-0.4, -0.2) is 31.6 Å². The molecule has 0 radical (unpaired) electrons. The van der Waals surface area contributed by atoms with Crippen LogP contribution in [0, 0.1) is 5.41 Å². The number of thiazole rings is 1. The van der Waals surface area contributed by atoms with Crippen molar-refractivity contribution in [1.82, 2.24) is 24.5 Å². The van der Waals surface area contributed by atoms with Crippen molar-refractivity contribution in [3.8, 4) is 11.3 Å². The van der Waals surface area contributed by atoms with Crippen LogP contribution in [0.3, 0.4) is 0 Å².